The minimum Gasteiger partial charge on any atom is -0.304 e. The van der Waals surface area contributed by atoms with Crippen LogP contribution < -0.4 is 5.32 Å². The van der Waals surface area contributed by atoms with Gasteiger partial charge < -0.3 is 5.32 Å². The molecule has 0 radical (unpaired) electrons. The lowest BCUT2D eigenvalue weighted by Crippen LogP contribution is -2.20. The molecule has 1 heterocycles. The molecule has 0 aliphatic heterocycles. The second kappa shape index (κ2) is 6.66. The molecule has 1 aromatic heterocycles. The lowest BCUT2D eigenvalue weighted by atomic mass is 10.0. The van der Waals surface area contributed by atoms with E-state index in [-0.39, 0.29) is 0 Å². The largest absolute Gasteiger partial charge is 0.304 e. The Morgan fingerprint density at radius 1 is 1.17 bits per heavy atom. The van der Waals surface area contributed by atoms with Crippen molar-refractivity contribution in [2.75, 3.05) is 0 Å². The van der Waals surface area contributed by atoms with Crippen LogP contribution in [-0.2, 0) is 6.54 Å². The molecule has 0 saturated heterocycles. The van der Waals surface area contributed by atoms with Crippen LogP contribution in [0, 0.1) is 0 Å². The van der Waals surface area contributed by atoms with Crippen LogP contribution in [0.5, 0.6) is 0 Å². The van der Waals surface area contributed by atoms with E-state index >= 15 is 0 Å². The Morgan fingerprint density at radius 2 is 1.94 bits per heavy atom. The quantitative estimate of drug-likeness (QED) is 0.900. The molecule has 0 amide bonds. The monoisotopic (exact) mass is 304 g/mol. The zero-order valence-electron chi connectivity index (χ0n) is 10.4. The summed E-state index contributed by atoms with van der Waals surface area (Å²) >= 11 is 3.46. The fourth-order valence-electron chi connectivity index (χ4n) is 1.92. The fourth-order valence-corrected chi connectivity index (χ4v) is 2.19. The van der Waals surface area contributed by atoms with E-state index in [1.54, 1.807) is 0 Å². The van der Waals surface area contributed by atoms with Crippen molar-refractivity contribution in [1.29, 1.82) is 0 Å². The van der Waals surface area contributed by atoms with Gasteiger partial charge in [0.1, 0.15) is 0 Å². The molecular weight excluding hydrogens is 288 g/mol. The number of nitrogens with zero attached hydrogens (tertiary/aromatic N) is 1. The zero-order valence-corrected chi connectivity index (χ0v) is 12.0. The Bertz CT molecular complexity index is 468. The zero-order chi connectivity index (χ0) is 12.8. The molecule has 94 valence electrons. The lowest BCUT2D eigenvalue weighted by molar-refractivity contribution is 0.514. The van der Waals surface area contributed by atoms with Gasteiger partial charge >= 0.3 is 0 Å². The van der Waals surface area contributed by atoms with Gasteiger partial charge in [-0.25, -0.2) is 0 Å². The maximum absolute atomic E-state index is 4.32. The maximum Gasteiger partial charge on any atom is 0.0541 e. The van der Waals surface area contributed by atoms with E-state index in [0.29, 0.717) is 6.04 Å². The number of rotatable bonds is 5. The summed E-state index contributed by atoms with van der Waals surface area (Å²) in [5.74, 6) is 0. The number of hydrogen-bond acceptors (Lipinski definition) is 2. The summed E-state index contributed by atoms with van der Waals surface area (Å²) in [7, 11) is 0. The molecule has 0 aliphatic carbocycles. The van der Waals surface area contributed by atoms with Crippen LogP contribution >= 0.6 is 15.9 Å². The van der Waals surface area contributed by atoms with Crippen LogP contribution in [-0.4, -0.2) is 4.98 Å². The van der Waals surface area contributed by atoms with Gasteiger partial charge in [-0.3, -0.25) is 4.98 Å². The van der Waals surface area contributed by atoms with Crippen LogP contribution in [0.2, 0.25) is 0 Å². The van der Waals surface area contributed by atoms with E-state index in [0.717, 1.165) is 23.1 Å². The smallest absolute Gasteiger partial charge is 0.0541 e. The van der Waals surface area contributed by atoms with Crippen molar-refractivity contribution < 1.29 is 0 Å². The topological polar surface area (TPSA) is 24.9 Å². The molecule has 2 rings (SSSR count). The third-order valence-electron chi connectivity index (χ3n) is 2.94. The number of hydrogen-bond donors (Lipinski definition) is 1. The summed E-state index contributed by atoms with van der Waals surface area (Å²) < 4.78 is 1.12. The second-order valence-corrected chi connectivity index (χ2v) is 5.13. The first-order chi connectivity index (χ1) is 8.79. The second-order valence-electron chi connectivity index (χ2n) is 4.21. The van der Waals surface area contributed by atoms with Gasteiger partial charge in [0.2, 0.25) is 0 Å². The molecule has 2 aromatic rings. The SMILES string of the molecule is CCC(NCc1ccccn1)c1ccc(Br)cc1. The first kappa shape index (κ1) is 13.2. The Hall–Kier alpha value is -1.19. The van der Waals surface area contributed by atoms with Crippen molar-refractivity contribution in [2.45, 2.75) is 25.9 Å². The van der Waals surface area contributed by atoms with Gasteiger partial charge in [-0.15, -0.1) is 0 Å². The minimum atomic E-state index is 0.375. The summed E-state index contributed by atoms with van der Waals surface area (Å²) in [4.78, 5) is 4.32. The molecule has 18 heavy (non-hydrogen) atoms. The number of halogens is 1. The van der Waals surface area contributed by atoms with Gasteiger partial charge in [0.25, 0.3) is 0 Å². The predicted octanol–water partition coefficient (Wildman–Crippen LogP) is 4.09. The van der Waals surface area contributed by atoms with Crippen molar-refractivity contribution in [3.63, 3.8) is 0 Å². The predicted molar refractivity (Wildman–Crippen MR) is 78.3 cm³/mol. The van der Waals surface area contributed by atoms with Gasteiger partial charge in [-0.1, -0.05) is 41.1 Å². The summed E-state index contributed by atoms with van der Waals surface area (Å²) in [6.45, 7) is 2.99. The third-order valence-corrected chi connectivity index (χ3v) is 3.47. The van der Waals surface area contributed by atoms with E-state index in [1.165, 1.54) is 5.56 Å². The summed E-state index contributed by atoms with van der Waals surface area (Å²) in [5.41, 5.74) is 2.39. The average Bonchev–Trinajstić information content (AvgIpc) is 2.42. The summed E-state index contributed by atoms with van der Waals surface area (Å²) in [6, 6.07) is 14.9. The van der Waals surface area contributed by atoms with E-state index in [2.05, 4.69) is 57.4 Å². The highest BCUT2D eigenvalue weighted by Crippen LogP contribution is 2.19. The third kappa shape index (κ3) is 3.65. The van der Waals surface area contributed by atoms with Crippen molar-refractivity contribution in [1.82, 2.24) is 10.3 Å². The van der Waals surface area contributed by atoms with Gasteiger partial charge in [0.05, 0.1) is 5.69 Å². The molecule has 0 fully saturated rings. The van der Waals surface area contributed by atoms with Crippen LogP contribution in [0.4, 0.5) is 0 Å². The molecule has 0 bridgehead atoms. The molecule has 2 nitrogen and oxygen atoms in total. The molecule has 3 heteroatoms. The highest BCUT2D eigenvalue weighted by atomic mass is 79.9. The molecule has 1 N–H and O–H groups in total. The standard InChI is InChI=1S/C15H17BrN2/c1-2-15(12-6-8-13(16)9-7-12)18-11-14-5-3-4-10-17-14/h3-10,15,18H,2,11H2,1H3. The molecule has 0 saturated carbocycles. The maximum atomic E-state index is 4.32. The number of aromatic nitrogens is 1. The number of benzene rings is 1. The van der Waals surface area contributed by atoms with Crippen molar-refractivity contribution >= 4 is 15.9 Å². The van der Waals surface area contributed by atoms with Gasteiger partial charge in [-0.05, 0) is 36.2 Å². The average molecular weight is 305 g/mol. The number of nitrogens with one attached hydrogen (secondary N) is 1. The molecule has 0 aliphatic rings. The van der Waals surface area contributed by atoms with Crippen LogP contribution in [0.1, 0.15) is 30.6 Å². The van der Waals surface area contributed by atoms with Crippen molar-refractivity contribution in [3.8, 4) is 0 Å². The van der Waals surface area contributed by atoms with E-state index in [4.69, 9.17) is 0 Å². The molecule has 0 spiro atoms. The lowest BCUT2D eigenvalue weighted by Gasteiger charge is -2.17. The van der Waals surface area contributed by atoms with E-state index in [1.807, 2.05) is 24.4 Å². The summed E-state index contributed by atoms with van der Waals surface area (Å²) in [6.07, 6.45) is 2.89. The molecular formula is C15H17BrN2. The fraction of sp³-hybridized carbons (Fsp3) is 0.267. The van der Waals surface area contributed by atoms with E-state index in [9.17, 15) is 0 Å². The Morgan fingerprint density at radius 3 is 2.56 bits per heavy atom. The molecule has 1 atom stereocenters. The van der Waals surface area contributed by atoms with Crippen molar-refractivity contribution in [3.05, 3.63) is 64.4 Å². The van der Waals surface area contributed by atoms with Crippen LogP contribution in [0.3, 0.4) is 0 Å². The van der Waals surface area contributed by atoms with Crippen molar-refractivity contribution in [2.24, 2.45) is 0 Å². The summed E-state index contributed by atoms with van der Waals surface area (Å²) in [5, 5.41) is 3.54. The number of pyridine rings is 1. The first-order valence-corrected chi connectivity index (χ1v) is 6.97. The highest BCUT2D eigenvalue weighted by molar-refractivity contribution is 9.10. The first-order valence-electron chi connectivity index (χ1n) is 6.18. The normalized spacial score (nSPS) is 12.3. The van der Waals surface area contributed by atoms with Gasteiger partial charge in [0, 0.05) is 23.3 Å². The van der Waals surface area contributed by atoms with Gasteiger partial charge in [-0.2, -0.15) is 0 Å². The van der Waals surface area contributed by atoms with Crippen LogP contribution in [0.15, 0.2) is 53.1 Å². The Labute approximate surface area is 117 Å². The molecule has 1 aromatic carbocycles. The van der Waals surface area contributed by atoms with Gasteiger partial charge in [0.15, 0.2) is 0 Å². The highest BCUT2D eigenvalue weighted by Gasteiger charge is 2.08. The minimum absolute atomic E-state index is 0.375. The van der Waals surface area contributed by atoms with E-state index < -0.39 is 0 Å². The Balaban J connectivity index is 1.99. The Kier molecular flexibility index (Phi) is 4.90. The van der Waals surface area contributed by atoms with Crippen LogP contribution in [0.25, 0.3) is 0 Å². The molecule has 1 unspecified atom stereocenters.